The lowest BCUT2D eigenvalue weighted by Gasteiger charge is -2.22. The highest BCUT2D eigenvalue weighted by Gasteiger charge is 2.20. The number of esters is 1. The quantitative estimate of drug-likeness (QED) is 0.0323. The van der Waals surface area contributed by atoms with Crippen LogP contribution in [0.4, 0.5) is 0 Å². The van der Waals surface area contributed by atoms with Crippen molar-refractivity contribution in [2.75, 3.05) is 13.2 Å². The van der Waals surface area contributed by atoms with E-state index in [4.69, 9.17) is 4.74 Å². The maximum Gasteiger partial charge on any atom is 0.305 e. The van der Waals surface area contributed by atoms with E-state index in [0.29, 0.717) is 25.9 Å². The van der Waals surface area contributed by atoms with Gasteiger partial charge >= 0.3 is 5.97 Å². The number of carbonyl (C=O) groups is 2. The summed E-state index contributed by atoms with van der Waals surface area (Å²) >= 11 is 0. The maximum atomic E-state index is 12.4. The van der Waals surface area contributed by atoms with Gasteiger partial charge in [-0.15, -0.1) is 0 Å². The van der Waals surface area contributed by atoms with Gasteiger partial charge in [-0.05, 0) is 51.4 Å². The van der Waals surface area contributed by atoms with Gasteiger partial charge in [0.05, 0.1) is 25.4 Å². The molecule has 0 saturated heterocycles. The number of rotatable bonds is 47. The third kappa shape index (κ3) is 44.0. The number of unbranched alkanes of at least 4 members (excludes halogenated alkanes) is 34. The summed E-state index contributed by atoms with van der Waals surface area (Å²) in [7, 11) is 0. The van der Waals surface area contributed by atoms with Crippen LogP contribution in [0.2, 0.25) is 0 Å². The minimum atomic E-state index is -0.671. The van der Waals surface area contributed by atoms with Crippen LogP contribution in [0.1, 0.15) is 277 Å². The molecule has 57 heavy (non-hydrogen) atoms. The molecule has 0 saturated carbocycles. The zero-order chi connectivity index (χ0) is 41.5. The van der Waals surface area contributed by atoms with Crippen LogP contribution in [0, 0.1) is 0 Å². The molecule has 6 heteroatoms. The van der Waals surface area contributed by atoms with Crippen molar-refractivity contribution in [1.82, 2.24) is 5.32 Å². The molecular formula is C51H99NO5. The van der Waals surface area contributed by atoms with Gasteiger partial charge in [0, 0.05) is 12.8 Å². The van der Waals surface area contributed by atoms with Crippen LogP contribution in [-0.4, -0.2) is 47.4 Å². The van der Waals surface area contributed by atoms with Crippen LogP contribution < -0.4 is 5.32 Å². The second-order valence-electron chi connectivity index (χ2n) is 17.5. The summed E-state index contributed by atoms with van der Waals surface area (Å²) in [5.41, 5.74) is 0. The molecule has 3 N–H and O–H groups in total. The van der Waals surface area contributed by atoms with Crippen LogP contribution >= 0.6 is 0 Å². The van der Waals surface area contributed by atoms with E-state index in [9.17, 15) is 19.8 Å². The third-order valence-electron chi connectivity index (χ3n) is 11.8. The molecule has 0 aromatic rings. The van der Waals surface area contributed by atoms with Crippen molar-refractivity contribution >= 4 is 11.9 Å². The van der Waals surface area contributed by atoms with Gasteiger partial charge in [-0.1, -0.05) is 225 Å². The predicted molar refractivity (Wildman–Crippen MR) is 246 cm³/mol. The zero-order valence-corrected chi connectivity index (χ0v) is 38.3. The fraction of sp³-hybridized carbons (Fsp3) is 0.922. The molecule has 0 aliphatic carbocycles. The smallest absolute Gasteiger partial charge is 0.305 e. The predicted octanol–water partition coefficient (Wildman–Crippen LogP) is 15.0. The van der Waals surface area contributed by atoms with Crippen molar-refractivity contribution < 1.29 is 24.5 Å². The molecule has 0 aliphatic rings. The number of aliphatic hydroxyl groups is 2. The highest BCUT2D eigenvalue weighted by atomic mass is 16.5. The molecule has 6 nitrogen and oxygen atoms in total. The standard InChI is InChI=1S/C51H99NO5/c1-3-5-7-9-11-13-15-16-22-25-29-33-37-41-45-51(56)57-46-42-38-34-30-26-23-20-18-17-19-21-24-28-32-36-40-44-50(55)52-48(47-53)49(54)43-39-35-31-27-14-12-10-8-6-4-2/h17,19,48-49,53-54H,3-16,18,20-47H2,1-2H3,(H,52,55)/b19-17-. The van der Waals surface area contributed by atoms with Gasteiger partial charge in [0.15, 0.2) is 0 Å². The zero-order valence-electron chi connectivity index (χ0n) is 38.3. The Bertz CT molecular complexity index is 847. The lowest BCUT2D eigenvalue weighted by Crippen LogP contribution is -2.45. The minimum Gasteiger partial charge on any atom is -0.466 e. The Morgan fingerprint density at radius 2 is 0.825 bits per heavy atom. The van der Waals surface area contributed by atoms with Crippen molar-refractivity contribution in [3.8, 4) is 0 Å². The molecular weight excluding hydrogens is 707 g/mol. The molecule has 0 fully saturated rings. The molecule has 2 unspecified atom stereocenters. The Morgan fingerprint density at radius 3 is 1.25 bits per heavy atom. The van der Waals surface area contributed by atoms with Gasteiger partial charge in [-0.2, -0.15) is 0 Å². The first kappa shape index (κ1) is 55.6. The van der Waals surface area contributed by atoms with Crippen LogP contribution in [0.25, 0.3) is 0 Å². The average molecular weight is 806 g/mol. The highest BCUT2D eigenvalue weighted by Crippen LogP contribution is 2.16. The topological polar surface area (TPSA) is 95.9 Å². The number of carbonyl (C=O) groups excluding carboxylic acids is 2. The summed E-state index contributed by atoms with van der Waals surface area (Å²) in [6, 6.07) is -0.550. The summed E-state index contributed by atoms with van der Waals surface area (Å²) in [4.78, 5) is 24.4. The van der Waals surface area contributed by atoms with Gasteiger partial charge in [0.25, 0.3) is 0 Å². The van der Waals surface area contributed by atoms with Crippen LogP contribution in [0.5, 0.6) is 0 Å². The third-order valence-corrected chi connectivity index (χ3v) is 11.8. The Labute approximate surface area is 355 Å². The van der Waals surface area contributed by atoms with Gasteiger partial charge < -0.3 is 20.3 Å². The summed E-state index contributed by atoms with van der Waals surface area (Å²) < 4.78 is 5.46. The van der Waals surface area contributed by atoms with Gasteiger partial charge in [-0.3, -0.25) is 9.59 Å². The molecule has 0 aromatic carbocycles. The Morgan fingerprint density at radius 1 is 0.474 bits per heavy atom. The van der Waals surface area contributed by atoms with E-state index >= 15 is 0 Å². The van der Waals surface area contributed by atoms with E-state index in [1.54, 1.807) is 0 Å². The number of hydrogen-bond donors (Lipinski definition) is 3. The molecule has 0 heterocycles. The SMILES string of the molecule is CCCCCCCCCCCCCCCCC(=O)OCCCCCCCCC/C=C\CCCCCCCC(=O)NC(CO)C(O)CCCCCCCCCCCC. The number of nitrogens with one attached hydrogen (secondary N) is 1. The molecule has 0 spiro atoms. The Balaban J connectivity index is 3.44. The van der Waals surface area contributed by atoms with Gasteiger partial charge in [0.1, 0.15) is 0 Å². The average Bonchev–Trinajstić information content (AvgIpc) is 3.21. The van der Waals surface area contributed by atoms with E-state index in [-0.39, 0.29) is 18.5 Å². The maximum absolute atomic E-state index is 12.4. The van der Waals surface area contributed by atoms with Crippen LogP contribution in [0.3, 0.4) is 0 Å². The van der Waals surface area contributed by atoms with Crippen molar-refractivity contribution in [3.05, 3.63) is 12.2 Å². The summed E-state index contributed by atoms with van der Waals surface area (Å²) in [5.74, 6) is -0.0542. The summed E-state index contributed by atoms with van der Waals surface area (Å²) in [5, 5.41) is 23.1. The van der Waals surface area contributed by atoms with E-state index < -0.39 is 12.1 Å². The van der Waals surface area contributed by atoms with Gasteiger partial charge in [-0.25, -0.2) is 0 Å². The number of hydrogen-bond acceptors (Lipinski definition) is 5. The highest BCUT2D eigenvalue weighted by molar-refractivity contribution is 5.76. The molecule has 0 rings (SSSR count). The number of allylic oxidation sites excluding steroid dienone is 2. The molecule has 0 aliphatic heterocycles. The number of ether oxygens (including phenoxy) is 1. The van der Waals surface area contributed by atoms with Crippen molar-refractivity contribution in [1.29, 1.82) is 0 Å². The molecule has 0 aromatic heterocycles. The molecule has 1 amide bonds. The normalized spacial score (nSPS) is 12.7. The Hall–Kier alpha value is -1.40. The second-order valence-corrected chi connectivity index (χ2v) is 17.5. The van der Waals surface area contributed by atoms with Crippen molar-refractivity contribution in [3.63, 3.8) is 0 Å². The fourth-order valence-electron chi connectivity index (χ4n) is 7.87. The van der Waals surface area contributed by atoms with Crippen molar-refractivity contribution in [2.45, 2.75) is 289 Å². The molecule has 0 radical (unpaired) electrons. The minimum absolute atomic E-state index is 0.000759. The van der Waals surface area contributed by atoms with E-state index in [2.05, 4.69) is 31.3 Å². The molecule has 0 bridgehead atoms. The van der Waals surface area contributed by atoms with Crippen molar-refractivity contribution in [2.24, 2.45) is 0 Å². The fourth-order valence-corrected chi connectivity index (χ4v) is 7.87. The lowest BCUT2D eigenvalue weighted by molar-refractivity contribution is -0.143. The van der Waals surface area contributed by atoms with E-state index in [0.717, 1.165) is 64.2 Å². The van der Waals surface area contributed by atoms with Gasteiger partial charge in [0.2, 0.25) is 5.91 Å². The lowest BCUT2D eigenvalue weighted by atomic mass is 10.0. The number of amides is 1. The van der Waals surface area contributed by atoms with Crippen LogP contribution in [-0.2, 0) is 14.3 Å². The summed E-state index contributed by atoms with van der Waals surface area (Å²) in [6.07, 6.45) is 53.3. The monoisotopic (exact) mass is 806 g/mol. The largest absolute Gasteiger partial charge is 0.466 e. The Kier molecular flexibility index (Phi) is 46.1. The first-order valence-corrected chi connectivity index (χ1v) is 25.4. The number of aliphatic hydroxyl groups excluding tert-OH is 2. The second kappa shape index (κ2) is 47.3. The first-order valence-electron chi connectivity index (χ1n) is 25.4. The van der Waals surface area contributed by atoms with Crippen LogP contribution in [0.15, 0.2) is 12.2 Å². The molecule has 338 valence electrons. The summed E-state index contributed by atoms with van der Waals surface area (Å²) in [6.45, 7) is 4.92. The molecule has 2 atom stereocenters. The first-order chi connectivity index (χ1) is 28.0. The van der Waals surface area contributed by atoms with E-state index in [1.807, 2.05) is 0 Å². The van der Waals surface area contributed by atoms with E-state index in [1.165, 1.54) is 180 Å².